The molecule has 0 spiro atoms. The number of fused-ring (bicyclic) bond motifs is 2. The van der Waals surface area contributed by atoms with Gasteiger partial charge < -0.3 is 9.15 Å². The van der Waals surface area contributed by atoms with Crippen LogP contribution in [0.15, 0.2) is 75.9 Å². The van der Waals surface area contributed by atoms with Crippen molar-refractivity contribution in [2.24, 2.45) is 0 Å². The molecule has 8 nitrogen and oxygen atoms in total. The predicted octanol–water partition coefficient (Wildman–Crippen LogP) is 5.11. The van der Waals surface area contributed by atoms with Crippen molar-refractivity contribution in [1.29, 1.82) is 0 Å². The van der Waals surface area contributed by atoms with Gasteiger partial charge >= 0.3 is 0 Å². The second kappa shape index (κ2) is 7.75. The fraction of sp³-hybridized carbons (Fsp3) is 0.0833. The van der Waals surface area contributed by atoms with Crippen LogP contribution >= 0.6 is 11.6 Å². The molecule has 9 heteroatoms. The standard InChI is InChI=1S/C24H15ClN2O6/c1-32-17-7-3-5-15(12-17)26-21(13-4-2-6-16(10-13)27(30)31)20-22(28)18-11-14(25)8-9-19(18)33-23(20)24(26)29/h2-12,21H,1H3. The number of nitro groups is 1. The molecule has 1 aromatic heterocycles. The Morgan fingerprint density at radius 3 is 2.61 bits per heavy atom. The van der Waals surface area contributed by atoms with E-state index in [0.29, 0.717) is 22.0 Å². The highest BCUT2D eigenvalue weighted by Crippen LogP contribution is 2.42. The molecule has 0 N–H and O–H groups in total. The van der Waals surface area contributed by atoms with Crippen molar-refractivity contribution in [3.63, 3.8) is 0 Å². The highest BCUT2D eigenvalue weighted by molar-refractivity contribution is 6.31. The first kappa shape index (κ1) is 20.7. The van der Waals surface area contributed by atoms with Gasteiger partial charge in [0, 0.05) is 28.9 Å². The zero-order chi connectivity index (χ0) is 23.3. The van der Waals surface area contributed by atoms with E-state index in [9.17, 15) is 19.7 Å². The fourth-order valence-electron chi connectivity index (χ4n) is 4.10. The van der Waals surface area contributed by atoms with Crippen LogP contribution in [0, 0.1) is 10.1 Å². The zero-order valence-corrected chi connectivity index (χ0v) is 17.9. The molecule has 0 fully saturated rings. The monoisotopic (exact) mass is 462 g/mol. The third-order valence-corrected chi connectivity index (χ3v) is 5.80. The van der Waals surface area contributed by atoms with Crippen LogP contribution in [-0.2, 0) is 0 Å². The van der Waals surface area contributed by atoms with Gasteiger partial charge in [0.2, 0.25) is 5.76 Å². The summed E-state index contributed by atoms with van der Waals surface area (Å²) in [5.41, 5.74) is 0.577. The summed E-state index contributed by atoms with van der Waals surface area (Å²) in [6.07, 6.45) is 0. The number of anilines is 1. The Kier molecular flexibility index (Phi) is 4.87. The number of hydrogen-bond donors (Lipinski definition) is 0. The fourth-order valence-corrected chi connectivity index (χ4v) is 4.27. The summed E-state index contributed by atoms with van der Waals surface area (Å²) < 4.78 is 11.2. The van der Waals surface area contributed by atoms with E-state index in [-0.39, 0.29) is 28.0 Å². The van der Waals surface area contributed by atoms with Gasteiger partial charge in [0.15, 0.2) is 5.43 Å². The van der Waals surface area contributed by atoms with Gasteiger partial charge in [-0.05, 0) is 35.9 Å². The maximum absolute atomic E-state index is 13.6. The summed E-state index contributed by atoms with van der Waals surface area (Å²) in [5.74, 6) is -0.150. The van der Waals surface area contributed by atoms with Crippen LogP contribution in [-0.4, -0.2) is 17.9 Å². The summed E-state index contributed by atoms with van der Waals surface area (Å²) in [5, 5.41) is 12.0. The molecule has 1 unspecified atom stereocenters. The summed E-state index contributed by atoms with van der Waals surface area (Å²) in [4.78, 5) is 39.4. The molecule has 0 radical (unpaired) electrons. The molecule has 1 aliphatic heterocycles. The number of nitro benzene ring substituents is 1. The second-order valence-electron chi connectivity index (χ2n) is 7.45. The van der Waals surface area contributed by atoms with E-state index in [0.717, 1.165) is 0 Å². The molecule has 0 saturated heterocycles. The third kappa shape index (κ3) is 3.32. The molecule has 1 atom stereocenters. The predicted molar refractivity (Wildman–Crippen MR) is 122 cm³/mol. The van der Waals surface area contributed by atoms with Crippen LogP contribution in [0.3, 0.4) is 0 Å². The number of amides is 1. The summed E-state index contributed by atoms with van der Waals surface area (Å²) in [7, 11) is 1.50. The lowest BCUT2D eigenvalue weighted by Gasteiger charge is -2.25. The molecule has 4 aromatic rings. The molecule has 0 aliphatic carbocycles. The van der Waals surface area contributed by atoms with Crippen molar-refractivity contribution in [3.05, 3.63) is 109 Å². The van der Waals surface area contributed by atoms with E-state index in [2.05, 4.69) is 0 Å². The van der Waals surface area contributed by atoms with Gasteiger partial charge in [0.1, 0.15) is 11.3 Å². The van der Waals surface area contributed by atoms with E-state index in [1.807, 2.05) is 0 Å². The van der Waals surface area contributed by atoms with E-state index in [1.165, 1.54) is 42.3 Å². The number of benzene rings is 3. The smallest absolute Gasteiger partial charge is 0.295 e. The highest BCUT2D eigenvalue weighted by atomic mass is 35.5. The largest absolute Gasteiger partial charge is 0.497 e. The number of carbonyl (C=O) groups is 1. The number of carbonyl (C=O) groups excluding carboxylic acids is 1. The first-order chi connectivity index (χ1) is 15.9. The second-order valence-corrected chi connectivity index (χ2v) is 7.88. The Balaban J connectivity index is 1.82. The SMILES string of the molecule is COc1cccc(N2C(=O)c3oc4ccc(Cl)cc4c(=O)c3C2c2cccc([N+](=O)[O-])c2)c1. The van der Waals surface area contributed by atoms with E-state index < -0.39 is 22.3 Å². The van der Waals surface area contributed by atoms with Crippen molar-refractivity contribution in [2.45, 2.75) is 6.04 Å². The van der Waals surface area contributed by atoms with Crippen molar-refractivity contribution in [2.75, 3.05) is 12.0 Å². The highest BCUT2D eigenvalue weighted by Gasteiger charge is 2.44. The van der Waals surface area contributed by atoms with Crippen LogP contribution in [0.1, 0.15) is 27.7 Å². The third-order valence-electron chi connectivity index (χ3n) is 5.56. The van der Waals surface area contributed by atoms with Gasteiger partial charge in [-0.3, -0.25) is 24.6 Å². The van der Waals surface area contributed by atoms with Gasteiger partial charge in [-0.15, -0.1) is 0 Å². The summed E-state index contributed by atoms with van der Waals surface area (Å²) >= 11 is 6.09. The lowest BCUT2D eigenvalue weighted by molar-refractivity contribution is -0.384. The molecular weight excluding hydrogens is 448 g/mol. The van der Waals surface area contributed by atoms with Gasteiger partial charge in [-0.25, -0.2) is 0 Å². The van der Waals surface area contributed by atoms with Crippen LogP contribution in [0.5, 0.6) is 5.75 Å². The van der Waals surface area contributed by atoms with Gasteiger partial charge in [0.25, 0.3) is 11.6 Å². The van der Waals surface area contributed by atoms with Crippen LogP contribution in [0.2, 0.25) is 5.02 Å². The van der Waals surface area contributed by atoms with Gasteiger partial charge in [-0.2, -0.15) is 0 Å². The van der Waals surface area contributed by atoms with Crippen LogP contribution in [0.4, 0.5) is 11.4 Å². The molecule has 3 aromatic carbocycles. The maximum Gasteiger partial charge on any atom is 0.295 e. The van der Waals surface area contributed by atoms with Gasteiger partial charge in [0.05, 0.1) is 29.0 Å². The van der Waals surface area contributed by atoms with Crippen molar-refractivity contribution in [1.82, 2.24) is 0 Å². The average Bonchev–Trinajstić information content (AvgIpc) is 3.12. The molecule has 1 amide bonds. The maximum atomic E-state index is 13.6. The molecule has 2 heterocycles. The number of rotatable bonds is 4. The van der Waals surface area contributed by atoms with Crippen molar-refractivity contribution >= 4 is 39.9 Å². The minimum absolute atomic E-state index is 0.0954. The van der Waals surface area contributed by atoms with Gasteiger partial charge in [-0.1, -0.05) is 29.8 Å². The summed E-state index contributed by atoms with van der Waals surface area (Å²) in [6, 6.07) is 16.2. The Bertz CT molecular complexity index is 1510. The number of nitrogens with zero attached hydrogens (tertiary/aromatic N) is 2. The molecule has 0 bridgehead atoms. The minimum Gasteiger partial charge on any atom is -0.497 e. The van der Waals surface area contributed by atoms with E-state index in [4.69, 9.17) is 20.8 Å². The first-order valence-corrected chi connectivity index (χ1v) is 10.2. The van der Waals surface area contributed by atoms with Crippen molar-refractivity contribution < 1.29 is 18.9 Å². The van der Waals surface area contributed by atoms with Crippen LogP contribution in [0.25, 0.3) is 11.0 Å². The first-order valence-electron chi connectivity index (χ1n) is 9.87. The Labute approximate surface area is 191 Å². The Hall–Kier alpha value is -4.17. The molecule has 5 rings (SSSR count). The summed E-state index contributed by atoms with van der Waals surface area (Å²) in [6.45, 7) is 0. The normalized spacial score (nSPS) is 15.0. The minimum atomic E-state index is -0.945. The lowest BCUT2D eigenvalue weighted by atomic mass is 9.98. The van der Waals surface area contributed by atoms with Crippen molar-refractivity contribution in [3.8, 4) is 5.75 Å². The van der Waals surface area contributed by atoms with Crippen LogP contribution < -0.4 is 15.1 Å². The lowest BCUT2D eigenvalue weighted by Crippen LogP contribution is -2.29. The number of halogens is 1. The molecule has 0 saturated carbocycles. The molecule has 164 valence electrons. The Morgan fingerprint density at radius 1 is 1.06 bits per heavy atom. The number of non-ortho nitro benzene ring substituents is 1. The van der Waals surface area contributed by atoms with E-state index >= 15 is 0 Å². The molecular formula is C24H15ClN2O6. The molecule has 33 heavy (non-hydrogen) atoms. The number of methoxy groups -OCH3 is 1. The van der Waals surface area contributed by atoms with E-state index in [1.54, 1.807) is 36.4 Å². The number of ether oxygens (including phenoxy) is 1. The Morgan fingerprint density at radius 2 is 1.85 bits per heavy atom. The quantitative estimate of drug-likeness (QED) is 0.308. The zero-order valence-electron chi connectivity index (χ0n) is 17.2. The average molecular weight is 463 g/mol. The molecule has 1 aliphatic rings. The number of hydrogen-bond acceptors (Lipinski definition) is 6. The topological polar surface area (TPSA) is 103 Å².